The minimum absolute atomic E-state index is 0.0851. The Morgan fingerprint density at radius 2 is 2.21 bits per heavy atom. The molecule has 0 aliphatic rings. The number of carbonyl (C=O) groups is 1. The molecule has 1 heterocycles. The number of thioether (sulfide) groups is 1. The molecule has 1 aromatic heterocycles. The third-order valence-electron chi connectivity index (χ3n) is 2.43. The van der Waals surface area contributed by atoms with Crippen LogP contribution in [0.5, 0.6) is 0 Å². The van der Waals surface area contributed by atoms with Gasteiger partial charge in [-0.2, -0.15) is 24.9 Å². The Kier molecular flexibility index (Phi) is 5.66. The van der Waals surface area contributed by atoms with Crippen molar-refractivity contribution in [2.24, 2.45) is 5.92 Å². The number of hydrogen-bond acceptors (Lipinski definition) is 4. The predicted octanol–water partition coefficient (Wildman–Crippen LogP) is 3.12. The minimum Gasteiger partial charge on any atom is -0.339 e. The highest BCUT2D eigenvalue weighted by Gasteiger charge is 2.33. The number of amides is 1. The molecular formula is C11H15F3N2OS2. The van der Waals surface area contributed by atoms with Gasteiger partial charge < -0.3 is 4.90 Å². The second kappa shape index (κ2) is 6.60. The number of halogens is 3. The molecule has 0 radical (unpaired) electrons. The molecular weight excluding hydrogens is 297 g/mol. The molecule has 0 spiro atoms. The van der Waals surface area contributed by atoms with E-state index in [1.807, 2.05) is 6.26 Å². The topological polar surface area (TPSA) is 33.2 Å². The first kappa shape index (κ1) is 16.3. The van der Waals surface area contributed by atoms with E-state index in [2.05, 4.69) is 4.98 Å². The van der Waals surface area contributed by atoms with Crippen molar-refractivity contribution in [1.82, 2.24) is 9.88 Å². The van der Waals surface area contributed by atoms with Crippen molar-refractivity contribution in [3.8, 4) is 0 Å². The SMILES string of the molecule is CSCC(C)C(=O)N(C)Cc1nc(C(F)(F)F)cs1. The van der Waals surface area contributed by atoms with E-state index < -0.39 is 11.9 Å². The third-order valence-corrected chi connectivity index (χ3v) is 4.10. The Bertz CT molecular complexity index is 434. The quantitative estimate of drug-likeness (QED) is 0.837. The van der Waals surface area contributed by atoms with Gasteiger partial charge in [-0.1, -0.05) is 6.92 Å². The van der Waals surface area contributed by atoms with Crippen molar-refractivity contribution in [3.63, 3.8) is 0 Å². The molecule has 0 fully saturated rings. The molecule has 0 bridgehead atoms. The molecule has 8 heteroatoms. The first-order chi connectivity index (χ1) is 8.75. The normalized spacial score (nSPS) is 13.4. The van der Waals surface area contributed by atoms with Crippen LogP contribution in [0, 0.1) is 5.92 Å². The maximum Gasteiger partial charge on any atom is 0.434 e. The Hall–Kier alpha value is -0.760. The minimum atomic E-state index is -4.43. The van der Waals surface area contributed by atoms with Crippen molar-refractivity contribution in [1.29, 1.82) is 0 Å². The monoisotopic (exact) mass is 312 g/mol. The lowest BCUT2D eigenvalue weighted by molar-refractivity contribution is -0.140. The second-order valence-electron chi connectivity index (χ2n) is 4.17. The predicted molar refractivity (Wildman–Crippen MR) is 71.1 cm³/mol. The molecule has 1 amide bonds. The van der Waals surface area contributed by atoms with Crippen LogP contribution in [0.4, 0.5) is 13.2 Å². The molecule has 0 N–H and O–H groups in total. The number of alkyl halides is 3. The molecule has 19 heavy (non-hydrogen) atoms. The molecule has 0 aliphatic heterocycles. The van der Waals surface area contributed by atoms with Gasteiger partial charge in [-0.25, -0.2) is 4.98 Å². The van der Waals surface area contributed by atoms with Gasteiger partial charge in [0.05, 0.1) is 6.54 Å². The molecule has 1 rings (SSSR count). The standard InChI is InChI=1S/C11H15F3N2OS2/c1-7(5-18-3)10(17)16(2)4-9-15-8(6-19-9)11(12,13)14/h6-7H,4-5H2,1-3H3. The van der Waals surface area contributed by atoms with Gasteiger partial charge in [0.1, 0.15) is 5.01 Å². The summed E-state index contributed by atoms with van der Waals surface area (Å²) in [5.41, 5.74) is -0.898. The Morgan fingerprint density at radius 3 is 2.68 bits per heavy atom. The highest BCUT2D eigenvalue weighted by atomic mass is 32.2. The van der Waals surface area contributed by atoms with Crippen molar-refractivity contribution in [2.75, 3.05) is 19.1 Å². The van der Waals surface area contributed by atoms with Crippen LogP contribution >= 0.6 is 23.1 Å². The summed E-state index contributed by atoms with van der Waals surface area (Å²) in [6.07, 6.45) is -2.52. The zero-order chi connectivity index (χ0) is 14.6. The third kappa shape index (κ3) is 4.68. The van der Waals surface area contributed by atoms with Crippen molar-refractivity contribution in [3.05, 3.63) is 16.1 Å². The highest BCUT2D eigenvalue weighted by Crippen LogP contribution is 2.30. The van der Waals surface area contributed by atoms with Crippen LogP contribution in [0.3, 0.4) is 0 Å². The van der Waals surface area contributed by atoms with E-state index in [9.17, 15) is 18.0 Å². The average molecular weight is 312 g/mol. The molecule has 0 aromatic carbocycles. The zero-order valence-corrected chi connectivity index (χ0v) is 12.5. The lowest BCUT2D eigenvalue weighted by Crippen LogP contribution is -2.32. The maximum atomic E-state index is 12.4. The van der Waals surface area contributed by atoms with Crippen molar-refractivity contribution >= 4 is 29.0 Å². The molecule has 1 atom stereocenters. The largest absolute Gasteiger partial charge is 0.434 e. The van der Waals surface area contributed by atoms with E-state index in [0.29, 0.717) is 10.8 Å². The van der Waals surface area contributed by atoms with Crippen LogP contribution in [0.15, 0.2) is 5.38 Å². The molecule has 1 unspecified atom stereocenters. The van der Waals surface area contributed by atoms with E-state index in [1.165, 1.54) is 4.90 Å². The van der Waals surface area contributed by atoms with Crippen LogP contribution in [-0.2, 0) is 17.5 Å². The molecule has 108 valence electrons. The molecule has 0 saturated carbocycles. The first-order valence-corrected chi connectivity index (χ1v) is 7.78. The van der Waals surface area contributed by atoms with Crippen LogP contribution in [0.1, 0.15) is 17.6 Å². The number of aromatic nitrogens is 1. The van der Waals surface area contributed by atoms with Crippen LogP contribution in [0.2, 0.25) is 0 Å². The fourth-order valence-electron chi connectivity index (χ4n) is 1.49. The zero-order valence-electron chi connectivity index (χ0n) is 10.8. The number of nitrogens with zero attached hydrogens (tertiary/aromatic N) is 2. The Balaban J connectivity index is 2.64. The van der Waals surface area contributed by atoms with Crippen LogP contribution < -0.4 is 0 Å². The fourth-order valence-corrected chi connectivity index (χ4v) is 2.99. The van der Waals surface area contributed by atoms with Gasteiger partial charge in [0.15, 0.2) is 5.69 Å². The average Bonchev–Trinajstić information content (AvgIpc) is 2.76. The van der Waals surface area contributed by atoms with E-state index >= 15 is 0 Å². The summed E-state index contributed by atoms with van der Waals surface area (Å²) in [5.74, 6) is 0.453. The molecule has 0 saturated heterocycles. The van der Waals surface area contributed by atoms with E-state index in [1.54, 1.807) is 25.7 Å². The number of rotatable bonds is 5. The summed E-state index contributed by atoms with van der Waals surface area (Å²) in [4.78, 5) is 16.8. The van der Waals surface area contributed by atoms with E-state index in [4.69, 9.17) is 0 Å². The molecule has 3 nitrogen and oxygen atoms in total. The summed E-state index contributed by atoms with van der Waals surface area (Å²) < 4.78 is 37.2. The van der Waals surface area contributed by atoms with Crippen molar-refractivity contribution in [2.45, 2.75) is 19.6 Å². The van der Waals surface area contributed by atoms with Gasteiger partial charge in [0, 0.05) is 24.1 Å². The van der Waals surface area contributed by atoms with Crippen molar-refractivity contribution < 1.29 is 18.0 Å². The molecule has 1 aromatic rings. The maximum absolute atomic E-state index is 12.4. The summed E-state index contributed by atoms with van der Waals surface area (Å²) in [6, 6.07) is 0. The van der Waals surface area contributed by atoms with Crippen LogP contribution in [-0.4, -0.2) is 34.8 Å². The van der Waals surface area contributed by atoms with Gasteiger partial charge in [0.25, 0.3) is 0 Å². The van der Waals surface area contributed by atoms with E-state index in [0.717, 1.165) is 16.7 Å². The van der Waals surface area contributed by atoms with Gasteiger partial charge >= 0.3 is 6.18 Å². The lowest BCUT2D eigenvalue weighted by Gasteiger charge is -2.19. The Labute approximate surface area is 118 Å². The summed E-state index contributed by atoms with van der Waals surface area (Å²) in [7, 11) is 1.58. The lowest BCUT2D eigenvalue weighted by atomic mass is 10.2. The summed E-state index contributed by atoms with van der Waals surface area (Å²) in [6.45, 7) is 1.91. The first-order valence-electron chi connectivity index (χ1n) is 5.51. The number of thiazole rings is 1. The Morgan fingerprint density at radius 1 is 1.58 bits per heavy atom. The van der Waals surface area contributed by atoms with Gasteiger partial charge in [0.2, 0.25) is 5.91 Å². The fraction of sp³-hybridized carbons (Fsp3) is 0.636. The smallest absolute Gasteiger partial charge is 0.339 e. The number of hydrogen-bond donors (Lipinski definition) is 0. The molecule has 0 aliphatic carbocycles. The van der Waals surface area contributed by atoms with E-state index in [-0.39, 0.29) is 18.4 Å². The second-order valence-corrected chi connectivity index (χ2v) is 6.03. The van der Waals surface area contributed by atoms with Gasteiger partial charge in [-0.3, -0.25) is 4.79 Å². The summed E-state index contributed by atoms with van der Waals surface area (Å²) in [5, 5.41) is 1.26. The summed E-state index contributed by atoms with van der Waals surface area (Å²) >= 11 is 2.48. The van der Waals surface area contributed by atoms with Gasteiger partial charge in [-0.05, 0) is 6.26 Å². The number of carbonyl (C=O) groups excluding carboxylic acids is 1. The van der Waals surface area contributed by atoms with Gasteiger partial charge in [-0.15, -0.1) is 11.3 Å². The van der Waals surface area contributed by atoms with Crippen LogP contribution in [0.25, 0.3) is 0 Å². The highest BCUT2D eigenvalue weighted by molar-refractivity contribution is 7.98.